The van der Waals surface area contributed by atoms with Crippen LogP contribution in [0.3, 0.4) is 0 Å². The fourth-order valence-corrected chi connectivity index (χ4v) is 4.19. The third-order valence-electron chi connectivity index (χ3n) is 4.83. The molecule has 0 radical (unpaired) electrons. The number of anilines is 1. The molecule has 0 aliphatic heterocycles. The van der Waals surface area contributed by atoms with E-state index >= 15 is 0 Å². The number of sulfonamides is 1. The average Bonchev–Trinajstić information content (AvgIpc) is 2.78. The molecule has 1 unspecified atom stereocenters. The van der Waals surface area contributed by atoms with E-state index in [4.69, 9.17) is 14.2 Å². The van der Waals surface area contributed by atoms with Gasteiger partial charge in [-0.05, 0) is 75.6 Å². The first kappa shape index (κ1) is 28.1. The summed E-state index contributed by atoms with van der Waals surface area (Å²) in [7, 11) is -2.16. The molecule has 2 aromatic carbocycles. The summed E-state index contributed by atoms with van der Waals surface area (Å²) in [5.41, 5.74) is 0.580. The Balaban J connectivity index is 1.99. The van der Waals surface area contributed by atoms with Gasteiger partial charge in [0.2, 0.25) is 10.0 Å². The highest BCUT2D eigenvalue weighted by atomic mass is 32.2. The second-order valence-electron chi connectivity index (χ2n) is 8.73. The quantitative estimate of drug-likeness (QED) is 0.418. The van der Waals surface area contributed by atoms with Crippen LogP contribution in [0.25, 0.3) is 0 Å². The highest BCUT2D eigenvalue weighted by molar-refractivity contribution is 7.89. The number of carbonyl (C=O) groups is 2. The lowest BCUT2D eigenvalue weighted by Crippen LogP contribution is -2.30. The third kappa shape index (κ3) is 8.56. The molecule has 0 aromatic heterocycles. The van der Waals surface area contributed by atoms with Crippen molar-refractivity contribution in [3.8, 4) is 11.5 Å². The van der Waals surface area contributed by atoms with Crippen LogP contribution in [0.15, 0.2) is 47.4 Å². The summed E-state index contributed by atoms with van der Waals surface area (Å²) in [6.45, 7) is 9.61. The number of methoxy groups -OCH3 is 1. The van der Waals surface area contributed by atoms with Crippen molar-refractivity contribution in [2.75, 3.05) is 19.0 Å². The van der Waals surface area contributed by atoms with Crippen molar-refractivity contribution in [2.45, 2.75) is 58.1 Å². The molecule has 10 heteroatoms. The molecule has 1 atom stereocenters. The van der Waals surface area contributed by atoms with Crippen LogP contribution in [0.5, 0.6) is 11.5 Å². The molecule has 2 aromatic rings. The van der Waals surface area contributed by atoms with E-state index in [-0.39, 0.29) is 16.5 Å². The molecule has 0 fully saturated rings. The normalized spacial score (nSPS) is 12.3. The summed E-state index contributed by atoms with van der Waals surface area (Å²) >= 11 is 0. The van der Waals surface area contributed by atoms with Crippen LogP contribution in [0.1, 0.15) is 51.4 Å². The lowest BCUT2D eigenvalue weighted by Gasteiger charge is -2.15. The Morgan fingerprint density at radius 2 is 1.60 bits per heavy atom. The summed E-state index contributed by atoms with van der Waals surface area (Å²) in [5, 5.41) is 2.61. The zero-order valence-electron chi connectivity index (χ0n) is 21.0. The third-order valence-corrected chi connectivity index (χ3v) is 6.50. The summed E-state index contributed by atoms with van der Waals surface area (Å²) in [6, 6.07) is 10.1. The number of nitrogens with one attached hydrogen (secondary N) is 2. The molecule has 0 aliphatic carbocycles. The Kier molecular flexibility index (Phi) is 10.1. The van der Waals surface area contributed by atoms with E-state index in [0.29, 0.717) is 29.7 Å². The zero-order chi connectivity index (χ0) is 26.2. The van der Waals surface area contributed by atoms with Crippen LogP contribution < -0.4 is 19.5 Å². The number of carbonyl (C=O) groups excluding carboxylic acids is 2. The molecule has 0 aliphatic rings. The van der Waals surface area contributed by atoms with Crippen molar-refractivity contribution in [1.29, 1.82) is 0 Å². The SMILES string of the molecule is COc1cc(C(=O)OC(C)C(=O)Nc2ccc(S(=O)(=O)NC(C)C)cc2)ccc1OCCC(C)C. The van der Waals surface area contributed by atoms with Gasteiger partial charge >= 0.3 is 5.97 Å². The Morgan fingerprint density at radius 1 is 0.943 bits per heavy atom. The Bertz CT molecular complexity index is 1110. The van der Waals surface area contributed by atoms with Gasteiger partial charge in [-0.3, -0.25) is 4.79 Å². The lowest BCUT2D eigenvalue weighted by molar-refractivity contribution is -0.123. The van der Waals surface area contributed by atoms with Gasteiger partial charge in [0, 0.05) is 11.7 Å². The van der Waals surface area contributed by atoms with E-state index in [2.05, 4.69) is 23.9 Å². The fourth-order valence-electron chi connectivity index (χ4n) is 2.94. The first-order valence-electron chi connectivity index (χ1n) is 11.4. The van der Waals surface area contributed by atoms with Crippen LogP contribution in [0.4, 0.5) is 5.69 Å². The van der Waals surface area contributed by atoms with Crippen molar-refractivity contribution >= 4 is 27.6 Å². The topological polar surface area (TPSA) is 120 Å². The maximum absolute atomic E-state index is 12.6. The highest BCUT2D eigenvalue weighted by Gasteiger charge is 2.21. The fraction of sp³-hybridized carbons (Fsp3) is 0.440. The highest BCUT2D eigenvalue weighted by Crippen LogP contribution is 2.29. The molecule has 0 bridgehead atoms. The van der Waals surface area contributed by atoms with Crippen LogP contribution in [0, 0.1) is 5.92 Å². The average molecular weight is 507 g/mol. The number of ether oxygens (including phenoxy) is 3. The minimum absolute atomic E-state index is 0.0780. The Morgan fingerprint density at radius 3 is 2.17 bits per heavy atom. The van der Waals surface area contributed by atoms with Gasteiger partial charge < -0.3 is 19.5 Å². The van der Waals surface area contributed by atoms with E-state index in [1.165, 1.54) is 44.4 Å². The standard InChI is InChI=1S/C25H34N2O7S/c1-16(2)13-14-33-22-12-7-19(15-23(22)32-6)25(29)34-18(5)24(28)26-20-8-10-21(11-9-20)35(30,31)27-17(3)4/h7-12,15-18,27H,13-14H2,1-6H3,(H,26,28). The molecule has 2 rings (SSSR count). The van der Waals surface area contributed by atoms with Crippen LogP contribution in [-0.4, -0.2) is 46.2 Å². The predicted molar refractivity (Wildman–Crippen MR) is 133 cm³/mol. The van der Waals surface area contributed by atoms with Crippen molar-refractivity contribution in [3.05, 3.63) is 48.0 Å². The maximum Gasteiger partial charge on any atom is 0.339 e. The molecule has 0 heterocycles. The van der Waals surface area contributed by atoms with E-state index in [1.807, 2.05) is 0 Å². The number of hydrogen-bond donors (Lipinski definition) is 2. The number of hydrogen-bond acceptors (Lipinski definition) is 7. The summed E-state index contributed by atoms with van der Waals surface area (Å²) in [5.74, 6) is 0.151. The van der Waals surface area contributed by atoms with E-state index in [9.17, 15) is 18.0 Å². The van der Waals surface area contributed by atoms with Gasteiger partial charge in [0.25, 0.3) is 5.91 Å². The van der Waals surface area contributed by atoms with E-state index in [0.717, 1.165) is 6.42 Å². The van der Waals surface area contributed by atoms with Gasteiger partial charge in [0.05, 0.1) is 24.2 Å². The molecule has 0 saturated heterocycles. The zero-order valence-corrected chi connectivity index (χ0v) is 21.8. The molecular formula is C25H34N2O7S. The molecule has 1 amide bonds. The summed E-state index contributed by atoms with van der Waals surface area (Å²) in [4.78, 5) is 25.1. The molecule has 192 valence electrons. The van der Waals surface area contributed by atoms with Gasteiger partial charge in [-0.25, -0.2) is 17.9 Å². The lowest BCUT2D eigenvalue weighted by atomic mass is 10.1. The number of rotatable bonds is 12. The molecule has 2 N–H and O–H groups in total. The Labute approximate surface area is 207 Å². The van der Waals surface area contributed by atoms with Gasteiger partial charge in [0.15, 0.2) is 17.6 Å². The predicted octanol–water partition coefficient (Wildman–Crippen LogP) is 3.99. The van der Waals surface area contributed by atoms with Crippen LogP contribution in [-0.2, 0) is 19.6 Å². The summed E-state index contributed by atoms with van der Waals surface area (Å²) < 4.78 is 43.2. The molecule has 0 saturated carbocycles. The van der Waals surface area contributed by atoms with Crippen molar-refractivity contribution in [2.24, 2.45) is 5.92 Å². The van der Waals surface area contributed by atoms with Crippen molar-refractivity contribution in [3.63, 3.8) is 0 Å². The number of esters is 1. The minimum Gasteiger partial charge on any atom is -0.493 e. The molecule has 35 heavy (non-hydrogen) atoms. The largest absolute Gasteiger partial charge is 0.493 e. The summed E-state index contributed by atoms with van der Waals surface area (Å²) in [6.07, 6.45) is -0.214. The van der Waals surface area contributed by atoms with Gasteiger partial charge in [-0.2, -0.15) is 0 Å². The number of amides is 1. The number of benzene rings is 2. The monoisotopic (exact) mass is 506 g/mol. The van der Waals surface area contributed by atoms with E-state index < -0.39 is 28.0 Å². The molecular weight excluding hydrogens is 472 g/mol. The second kappa shape index (κ2) is 12.6. The second-order valence-corrected chi connectivity index (χ2v) is 10.4. The van der Waals surface area contributed by atoms with Crippen molar-refractivity contribution in [1.82, 2.24) is 4.72 Å². The van der Waals surface area contributed by atoms with Gasteiger partial charge in [-0.1, -0.05) is 13.8 Å². The van der Waals surface area contributed by atoms with Crippen molar-refractivity contribution < 1.29 is 32.2 Å². The maximum atomic E-state index is 12.6. The first-order valence-corrected chi connectivity index (χ1v) is 12.9. The van der Waals surface area contributed by atoms with Crippen LogP contribution >= 0.6 is 0 Å². The molecule has 9 nitrogen and oxygen atoms in total. The Hall–Kier alpha value is -3.11. The first-order chi connectivity index (χ1) is 16.4. The minimum atomic E-state index is -3.64. The van der Waals surface area contributed by atoms with E-state index in [1.54, 1.807) is 26.0 Å². The van der Waals surface area contributed by atoms with Gasteiger partial charge in [-0.15, -0.1) is 0 Å². The smallest absolute Gasteiger partial charge is 0.339 e. The van der Waals surface area contributed by atoms with Crippen LogP contribution in [0.2, 0.25) is 0 Å². The molecule has 0 spiro atoms. The van der Waals surface area contributed by atoms with Gasteiger partial charge in [0.1, 0.15) is 0 Å².